The number of hydrogen-bond donors (Lipinski definition) is 2. The molecular weight excluding hydrogens is 356 g/mol. The van der Waals surface area contributed by atoms with Crippen molar-refractivity contribution in [1.29, 1.82) is 0 Å². The van der Waals surface area contributed by atoms with Gasteiger partial charge in [-0.2, -0.15) is 9.78 Å². The highest BCUT2D eigenvalue weighted by Gasteiger charge is 2.27. The molecule has 0 bridgehead atoms. The molecule has 3 N–H and O–H groups in total. The van der Waals surface area contributed by atoms with E-state index in [2.05, 4.69) is 32.1 Å². The molecule has 0 fully saturated rings. The van der Waals surface area contributed by atoms with Crippen molar-refractivity contribution >= 4 is 27.7 Å². The van der Waals surface area contributed by atoms with Gasteiger partial charge in [-0.1, -0.05) is 0 Å². The number of hydrogen-bond acceptors (Lipinski definition) is 3. The quantitative estimate of drug-likeness (QED) is 0.840. The van der Waals surface area contributed by atoms with E-state index in [4.69, 9.17) is 5.73 Å². The molecule has 5 nitrogen and oxygen atoms in total. The van der Waals surface area contributed by atoms with Gasteiger partial charge in [-0.15, -0.1) is 0 Å². The Kier molecular flexibility index (Phi) is 3.79. The lowest BCUT2D eigenvalue weighted by Crippen LogP contribution is -2.20. The van der Waals surface area contributed by atoms with Crippen LogP contribution in [0.1, 0.15) is 65.3 Å². The van der Waals surface area contributed by atoms with Crippen LogP contribution >= 0.6 is 15.9 Å². The summed E-state index contributed by atoms with van der Waals surface area (Å²) < 4.78 is 2.46. The number of nitrogens with two attached hydrogens (primary N) is 1. The summed E-state index contributed by atoms with van der Waals surface area (Å²) in [6.07, 6.45) is 7.87. The molecule has 23 heavy (non-hydrogen) atoms. The molecular formula is C17H21BrN4O. The van der Waals surface area contributed by atoms with Gasteiger partial charge in [0.05, 0.1) is 10.3 Å². The predicted octanol–water partition coefficient (Wildman–Crippen LogP) is 3.59. The molecule has 2 aromatic rings. The van der Waals surface area contributed by atoms with Gasteiger partial charge in [0, 0.05) is 17.7 Å². The summed E-state index contributed by atoms with van der Waals surface area (Å²) >= 11 is 3.50. The lowest BCUT2D eigenvalue weighted by atomic mass is 9.84. The molecule has 122 valence electrons. The van der Waals surface area contributed by atoms with Gasteiger partial charge in [-0.25, -0.2) is 0 Å². The Hall–Kier alpha value is -1.56. The normalized spacial score (nSPS) is 20.1. The molecule has 0 amide bonds. The topological polar surface area (TPSA) is 76.7 Å². The van der Waals surface area contributed by atoms with Crippen LogP contribution in [0.4, 0.5) is 5.82 Å². The van der Waals surface area contributed by atoms with Crippen molar-refractivity contribution in [1.82, 2.24) is 14.8 Å². The van der Waals surface area contributed by atoms with Crippen molar-refractivity contribution in [2.24, 2.45) is 0 Å². The van der Waals surface area contributed by atoms with Crippen LogP contribution in [0.3, 0.4) is 0 Å². The Bertz CT molecular complexity index is 761. The lowest BCUT2D eigenvalue weighted by Gasteiger charge is -2.21. The third-order valence-corrected chi connectivity index (χ3v) is 5.60. The van der Waals surface area contributed by atoms with Gasteiger partial charge in [-0.3, -0.25) is 4.79 Å². The maximum absolute atomic E-state index is 12.8. The molecule has 2 aromatic heterocycles. The standard InChI is InChI=1S/C17H21BrN4O/c18-15-9-12-10(4-3-7-13(12)20-15)8-16(23)22-17(19)11-5-1-2-6-14(11)21-22/h9-10,20H,1-8,19H2. The van der Waals surface area contributed by atoms with Gasteiger partial charge in [-0.05, 0) is 78.4 Å². The zero-order chi connectivity index (χ0) is 16.0. The number of nitrogens with zero attached hydrogens (tertiary/aromatic N) is 2. The number of aryl methyl sites for hydroxylation is 2. The fourth-order valence-electron chi connectivity index (χ4n) is 4.01. The average Bonchev–Trinajstić information content (AvgIpc) is 3.08. The highest BCUT2D eigenvalue weighted by Crippen LogP contribution is 2.36. The smallest absolute Gasteiger partial charge is 0.249 e. The van der Waals surface area contributed by atoms with Crippen LogP contribution in [0.5, 0.6) is 0 Å². The van der Waals surface area contributed by atoms with E-state index < -0.39 is 0 Å². The molecule has 0 saturated carbocycles. The van der Waals surface area contributed by atoms with Crippen molar-refractivity contribution < 1.29 is 4.79 Å². The van der Waals surface area contributed by atoms with E-state index >= 15 is 0 Å². The van der Waals surface area contributed by atoms with Crippen molar-refractivity contribution in [2.45, 2.75) is 57.3 Å². The summed E-state index contributed by atoms with van der Waals surface area (Å²) in [7, 11) is 0. The third-order valence-electron chi connectivity index (χ3n) is 5.17. The molecule has 2 aliphatic rings. The van der Waals surface area contributed by atoms with E-state index in [1.54, 1.807) is 0 Å². The second kappa shape index (κ2) is 5.82. The minimum Gasteiger partial charge on any atom is -0.383 e. The van der Waals surface area contributed by atoms with Gasteiger partial charge in [0.15, 0.2) is 0 Å². The molecule has 0 aromatic carbocycles. The zero-order valence-electron chi connectivity index (χ0n) is 13.1. The number of nitrogens with one attached hydrogen (secondary N) is 1. The van der Waals surface area contributed by atoms with Crippen LogP contribution < -0.4 is 5.73 Å². The van der Waals surface area contributed by atoms with Gasteiger partial charge < -0.3 is 10.7 Å². The molecule has 2 aliphatic carbocycles. The maximum atomic E-state index is 12.8. The first kappa shape index (κ1) is 15.0. The first-order valence-electron chi connectivity index (χ1n) is 8.40. The van der Waals surface area contributed by atoms with E-state index in [1.807, 2.05) is 0 Å². The highest BCUT2D eigenvalue weighted by atomic mass is 79.9. The summed E-state index contributed by atoms with van der Waals surface area (Å²) in [5.74, 6) is 0.845. The van der Waals surface area contributed by atoms with Gasteiger partial charge >= 0.3 is 0 Å². The number of halogens is 1. The Morgan fingerprint density at radius 2 is 2.17 bits per heavy atom. The monoisotopic (exact) mass is 376 g/mol. The average molecular weight is 377 g/mol. The van der Waals surface area contributed by atoms with E-state index in [1.165, 1.54) is 15.9 Å². The molecule has 0 radical (unpaired) electrons. The number of aromatic nitrogens is 3. The summed E-state index contributed by atoms with van der Waals surface area (Å²) in [4.78, 5) is 16.1. The first-order valence-corrected chi connectivity index (χ1v) is 9.19. The fourth-order valence-corrected chi connectivity index (χ4v) is 4.49. The molecule has 4 rings (SSSR count). The highest BCUT2D eigenvalue weighted by molar-refractivity contribution is 9.10. The number of rotatable bonds is 2. The van der Waals surface area contributed by atoms with Gasteiger partial charge in [0.1, 0.15) is 5.82 Å². The Morgan fingerprint density at radius 1 is 1.35 bits per heavy atom. The maximum Gasteiger partial charge on any atom is 0.249 e. The van der Waals surface area contributed by atoms with Crippen LogP contribution in [0, 0.1) is 0 Å². The van der Waals surface area contributed by atoms with Crippen molar-refractivity contribution in [3.63, 3.8) is 0 Å². The van der Waals surface area contributed by atoms with Crippen LogP contribution in [0.25, 0.3) is 0 Å². The number of nitrogen functional groups attached to an aromatic ring is 1. The summed E-state index contributed by atoms with van der Waals surface area (Å²) in [6.45, 7) is 0. The van der Waals surface area contributed by atoms with E-state index in [0.29, 0.717) is 12.2 Å². The van der Waals surface area contributed by atoms with Crippen LogP contribution in [-0.4, -0.2) is 20.7 Å². The van der Waals surface area contributed by atoms with Crippen LogP contribution in [-0.2, 0) is 19.3 Å². The van der Waals surface area contributed by atoms with E-state index in [9.17, 15) is 4.79 Å². The fraction of sp³-hybridized carbons (Fsp3) is 0.529. The summed E-state index contributed by atoms with van der Waals surface area (Å²) in [5, 5.41) is 4.50. The number of fused-ring (bicyclic) bond motifs is 2. The Morgan fingerprint density at radius 3 is 3.00 bits per heavy atom. The molecule has 6 heteroatoms. The summed E-state index contributed by atoms with van der Waals surface area (Å²) in [6, 6.07) is 2.11. The molecule has 2 heterocycles. The van der Waals surface area contributed by atoms with Crippen LogP contribution in [0.2, 0.25) is 0 Å². The predicted molar refractivity (Wildman–Crippen MR) is 92.7 cm³/mol. The molecule has 1 atom stereocenters. The Balaban J connectivity index is 1.58. The number of aromatic amines is 1. The van der Waals surface area contributed by atoms with Crippen molar-refractivity contribution in [3.8, 4) is 0 Å². The SMILES string of the molecule is Nc1c2c(nn1C(=O)CC1CCCc3[nH]c(Br)cc31)CCCC2. The molecule has 0 spiro atoms. The Labute approximate surface area is 143 Å². The number of H-pyrrole nitrogens is 1. The number of anilines is 1. The van der Waals surface area contributed by atoms with E-state index in [-0.39, 0.29) is 11.8 Å². The lowest BCUT2D eigenvalue weighted by molar-refractivity contribution is 0.0876. The molecule has 0 saturated heterocycles. The minimum absolute atomic E-state index is 0.0204. The summed E-state index contributed by atoms with van der Waals surface area (Å²) in [5.41, 5.74) is 10.8. The second-order valence-electron chi connectivity index (χ2n) is 6.67. The van der Waals surface area contributed by atoms with E-state index in [0.717, 1.165) is 60.8 Å². The number of carbonyl (C=O) groups is 1. The number of carbonyl (C=O) groups excluding carboxylic acids is 1. The minimum atomic E-state index is 0.0204. The first-order chi connectivity index (χ1) is 11.1. The van der Waals surface area contributed by atoms with Gasteiger partial charge in [0.25, 0.3) is 0 Å². The van der Waals surface area contributed by atoms with Gasteiger partial charge in [0.2, 0.25) is 5.91 Å². The largest absolute Gasteiger partial charge is 0.383 e. The van der Waals surface area contributed by atoms with Crippen molar-refractivity contribution in [2.75, 3.05) is 5.73 Å². The third kappa shape index (κ3) is 2.63. The zero-order valence-corrected chi connectivity index (χ0v) is 14.7. The molecule has 0 aliphatic heterocycles. The molecule has 1 unspecified atom stereocenters. The van der Waals surface area contributed by atoms with Crippen LogP contribution in [0.15, 0.2) is 10.7 Å². The van der Waals surface area contributed by atoms with Crippen molar-refractivity contribution in [3.05, 3.63) is 33.2 Å². The second-order valence-corrected chi connectivity index (χ2v) is 7.52.